The number of halogens is 1. The number of ether oxygens (including phenoxy) is 1. The zero-order valence-corrected chi connectivity index (χ0v) is 11.8. The van der Waals surface area contributed by atoms with Gasteiger partial charge in [0.05, 0.1) is 23.2 Å². The second-order valence-corrected chi connectivity index (χ2v) is 5.48. The molecule has 0 bridgehead atoms. The van der Waals surface area contributed by atoms with Gasteiger partial charge in [-0.3, -0.25) is 0 Å². The van der Waals surface area contributed by atoms with Crippen LogP contribution in [-0.4, -0.2) is 30.0 Å². The van der Waals surface area contributed by atoms with E-state index in [2.05, 4.69) is 11.4 Å². The predicted molar refractivity (Wildman–Crippen MR) is 74.4 cm³/mol. The van der Waals surface area contributed by atoms with Crippen molar-refractivity contribution in [3.63, 3.8) is 0 Å². The number of rotatable bonds is 2. The number of nitrogens with one attached hydrogen (secondary N) is 1. The van der Waals surface area contributed by atoms with E-state index in [-0.39, 0.29) is 6.04 Å². The van der Waals surface area contributed by atoms with Crippen LogP contribution in [0.25, 0.3) is 0 Å². The van der Waals surface area contributed by atoms with E-state index in [1.165, 1.54) is 0 Å². The van der Waals surface area contributed by atoms with Crippen LogP contribution in [-0.2, 0) is 4.74 Å². The first-order valence-electron chi connectivity index (χ1n) is 6.21. The van der Waals surface area contributed by atoms with Crippen LogP contribution in [0.1, 0.15) is 24.5 Å². The molecule has 4 nitrogen and oxygen atoms in total. The minimum Gasteiger partial charge on any atom is -0.386 e. The number of aliphatic hydroxyl groups is 1. The molecule has 19 heavy (non-hydrogen) atoms. The molecule has 0 radical (unpaired) electrons. The van der Waals surface area contributed by atoms with E-state index in [1.807, 2.05) is 13.0 Å². The number of anilines is 1. The van der Waals surface area contributed by atoms with E-state index in [4.69, 9.17) is 21.6 Å². The molecule has 0 aromatic heterocycles. The van der Waals surface area contributed by atoms with Crippen molar-refractivity contribution in [2.24, 2.45) is 0 Å². The van der Waals surface area contributed by atoms with Crippen molar-refractivity contribution in [3.8, 4) is 6.07 Å². The lowest BCUT2D eigenvalue weighted by Gasteiger charge is -2.38. The van der Waals surface area contributed by atoms with E-state index in [9.17, 15) is 5.11 Å². The normalized spacial score (nSPS) is 26.8. The Hall–Kier alpha value is -1.28. The van der Waals surface area contributed by atoms with Crippen molar-refractivity contribution in [2.75, 3.05) is 18.5 Å². The summed E-state index contributed by atoms with van der Waals surface area (Å²) in [6.07, 6.45) is 0.726. The Morgan fingerprint density at radius 3 is 2.95 bits per heavy atom. The predicted octanol–water partition coefficient (Wildman–Crippen LogP) is 2.47. The Bertz CT molecular complexity index is 523. The topological polar surface area (TPSA) is 65.3 Å². The summed E-state index contributed by atoms with van der Waals surface area (Å²) in [5.41, 5.74) is 1.22. The van der Waals surface area contributed by atoms with Gasteiger partial charge in [-0.2, -0.15) is 5.26 Å². The van der Waals surface area contributed by atoms with Crippen LogP contribution in [0.3, 0.4) is 0 Å². The van der Waals surface area contributed by atoms with Crippen LogP contribution in [0.4, 0.5) is 5.69 Å². The highest BCUT2D eigenvalue weighted by molar-refractivity contribution is 6.32. The second kappa shape index (κ2) is 5.38. The lowest BCUT2D eigenvalue weighted by molar-refractivity contribution is -0.0812. The number of hydrogen-bond donors (Lipinski definition) is 2. The molecule has 1 aromatic carbocycles. The highest BCUT2D eigenvalue weighted by Gasteiger charge is 2.35. The van der Waals surface area contributed by atoms with Crippen LogP contribution in [0.2, 0.25) is 5.02 Å². The third kappa shape index (κ3) is 2.84. The molecule has 2 atom stereocenters. The average molecular weight is 281 g/mol. The SMILES string of the molecule is Cc1c(NC2CCOCC2(C)O)ccc(C#N)c1Cl. The van der Waals surface area contributed by atoms with Gasteiger partial charge in [-0.1, -0.05) is 11.6 Å². The highest BCUT2D eigenvalue weighted by Crippen LogP contribution is 2.30. The first-order chi connectivity index (χ1) is 8.95. The molecule has 1 aliphatic heterocycles. The van der Waals surface area contributed by atoms with Gasteiger partial charge in [0.1, 0.15) is 11.7 Å². The van der Waals surface area contributed by atoms with E-state index in [0.717, 1.165) is 17.7 Å². The summed E-state index contributed by atoms with van der Waals surface area (Å²) in [5, 5.41) is 23.0. The lowest BCUT2D eigenvalue weighted by Crippen LogP contribution is -2.51. The van der Waals surface area contributed by atoms with Crippen molar-refractivity contribution < 1.29 is 9.84 Å². The Kier molecular flexibility index (Phi) is 4.00. The van der Waals surface area contributed by atoms with Gasteiger partial charge in [-0.05, 0) is 38.0 Å². The number of nitrogens with zero attached hydrogens (tertiary/aromatic N) is 1. The molecule has 0 saturated carbocycles. The molecular formula is C14H17ClN2O2. The van der Waals surface area contributed by atoms with Crippen molar-refractivity contribution in [1.82, 2.24) is 0 Å². The Balaban J connectivity index is 2.24. The van der Waals surface area contributed by atoms with Crippen LogP contribution < -0.4 is 5.32 Å². The summed E-state index contributed by atoms with van der Waals surface area (Å²) >= 11 is 6.14. The molecular weight excluding hydrogens is 264 g/mol. The molecule has 1 saturated heterocycles. The number of benzene rings is 1. The number of hydrogen-bond acceptors (Lipinski definition) is 4. The molecule has 0 aliphatic carbocycles. The monoisotopic (exact) mass is 280 g/mol. The molecule has 1 fully saturated rings. The molecule has 0 spiro atoms. The Morgan fingerprint density at radius 1 is 1.58 bits per heavy atom. The van der Waals surface area contributed by atoms with Crippen molar-refractivity contribution >= 4 is 17.3 Å². The fourth-order valence-electron chi connectivity index (χ4n) is 2.23. The molecule has 102 valence electrons. The quantitative estimate of drug-likeness (QED) is 0.873. The van der Waals surface area contributed by atoms with Gasteiger partial charge < -0.3 is 15.2 Å². The summed E-state index contributed by atoms with van der Waals surface area (Å²) in [5.74, 6) is 0. The minimum absolute atomic E-state index is 0.0936. The van der Waals surface area contributed by atoms with Crippen molar-refractivity contribution in [1.29, 1.82) is 5.26 Å². The standard InChI is InChI=1S/C14H17ClN2O2/c1-9-11(4-3-10(7-16)13(9)15)17-12-5-6-19-8-14(12,2)18/h3-4,12,17-18H,5-6,8H2,1-2H3. The molecule has 2 unspecified atom stereocenters. The van der Waals surface area contributed by atoms with Crippen molar-refractivity contribution in [2.45, 2.75) is 31.9 Å². The fraction of sp³-hybridized carbons (Fsp3) is 0.500. The van der Waals surface area contributed by atoms with Gasteiger partial charge in [0.2, 0.25) is 0 Å². The van der Waals surface area contributed by atoms with Crippen LogP contribution in [0, 0.1) is 18.3 Å². The second-order valence-electron chi connectivity index (χ2n) is 5.11. The Morgan fingerprint density at radius 2 is 2.32 bits per heavy atom. The van der Waals surface area contributed by atoms with Crippen LogP contribution >= 0.6 is 11.6 Å². The zero-order valence-electron chi connectivity index (χ0n) is 11.0. The Labute approximate surface area is 117 Å². The molecule has 2 N–H and O–H groups in total. The van der Waals surface area contributed by atoms with Crippen molar-refractivity contribution in [3.05, 3.63) is 28.3 Å². The van der Waals surface area contributed by atoms with Gasteiger partial charge in [-0.25, -0.2) is 0 Å². The maximum atomic E-state index is 10.3. The van der Waals surface area contributed by atoms with Gasteiger partial charge in [0.25, 0.3) is 0 Å². The van der Waals surface area contributed by atoms with Gasteiger partial charge >= 0.3 is 0 Å². The van der Waals surface area contributed by atoms with E-state index in [0.29, 0.717) is 23.8 Å². The number of nitriles is 1. The summed E-state index contributed by atoms with van der Waals surface area (Å²) < 4.78 is 5.28. The zero-order chi connectivity index (χ0) is 14.0. The first kappa shape index (κ1) is 14.1. The molecule has 1 aromatic rings. The maximum Gasteiger partial charge on any atom is 0.105 e. The fourth-order valence-corrected chi connectivity index (χ4v) is 2.44. The smallest absolute Gasteiger partial charge is 0.105 e. The lowest BCUT2D eigenvalue weighted by atomic mass is 9.92. The summed E-state index contributed by atoms with van der Waals surface area (Å²) in [6, 6.07) is 5.47. The third-order valence-electron chi connectivity index (χ3n) is 3.53. The molecule has 5 heteroatoms. The third-order valence-corrected chi connectivity index (χ3v) is 4.02. The minimum atomic E-state index is -0.912. The van der Waals surface area contributed by atoms with E-state index < -0.39 is 5.60 Å². The van der Waals surface area contributed by atoms with Gasteiger partial charge in [0.15, 0.2) is 0 Å². The maximum absolute atomic E-state index is 10.3. The molecule has 1 aliphatic rings. The summed E-state index contributed by atoms with van der Waals surface area (Å²) in [6.45, 7) is 4.55. The molecule has 1 heterocycles. The average Bonchev–Trinajstić information content (AvgIpc) is 2.37. The van der Waals surface area contributed by atoms with E-state index >= 15 is 0 Å². The van der Waals surface area contributed by atoms with Gasteiger partial charge in [-0.15, -0.1) is 0 Å². The highest BCUT2D eigenvalue weighted by atomic mass is 35.5. The van der Waals surface area contributed by atoms with Crippen LogP contribution in [0.15, 0.2) is 12.1 Å². The summed E-state index contributed by atoms with van der Waals surface area (Å²) in [4.78, 5) is 0. The van der Waals surface area contributed by atoms with E-state index in [1.54, 1.807) is 13.0 Å². The molecule has 0 amide bonds. The van der Waals surface area contributed by atoms with Gasteiger partial charge in [0, 0.05) is 12.3 Å². The van der Waals surface area contributed by atoms with Crippen LogP contribution in [0.5, 0.6) is 0 Å². The largest absolute Gasteiger partial charge is 0.386 e. The first-order valence-corrected chi connectivity index (χ1v) is 6.59. The summed E-state index contributed by atoms with van der Waals surface area (Å²) in [7, 11) is 0. The molecule has 2 rings (SSSR count).